The fourth-order valence-electron chi connectivity index (χ4n) is 2.58. The van der Waals surface area contributed by atoms with E-state index in [-0.39, 0.29) is 17.4 Å². The van der Waals surface area contributed by atoms with Crippen LogP contribution in [0.3, 0.4) is 0 Å². The first kappa shape index (κ1) is 18.1. The molecule has 0 bridgehead atoms. The lowest BCUT2D eigenvalue weighted by Crippen LogP contribution is -2.28. The van der Waals surface area contributed by atoms with Crippen LogP contribution in [-0.4, -0.2) is 13.0 Å². The van der Waals surface area contributed by atoms with Gasteiger partial charge in [0.2, 0.25) is 5.91 Å². The summed E-state index contributed by atoms with van der Waals surface area (Å²) in [5, 5.41) is 3.06. The van der Waals surface area contributed by atoms with E-state index in [1.807, 2.05) is 31.2 Å². The quantitative estimate of drug-likeness (QED) is 0.884. The molecule has 0 aromatic heterocycles. The maximum Gasteiger partial charge on any atom is 0.224 e. The highest BCUT2D eigenvalue weighted by Gasteiger charge is 2.15. The maximum atomic E-state index is 12.2. The molecule has 2 rings (SSSR count). The van der Waals surface area contributed by atoms with Crippen LogP contribution in [0.15, 0.2) is 48.5 Å². The van der Waals surface area contributed by atoms with Crippen molar-refractivity contribution in [3.8, 4) is 5.75 Å². The summed E-state index contributed by atoms with van der Waals surface area (Å²) < 4.78 is 5.13. The van der Waals surface area contributed by atoms with Crippen molar-refractivity contribution in [1.29, 1.82) is 0 Å². The summed E-state index contributed by atoms with van der Waals surface area (Å²) in [5.74, 6) is 0.819. The monoisotopic (exact) mass is 325 g/mol. The molecule has 0 heterocycles. The van der Waals surface area contributed by atoms with Gasteiger partial charge in [0.05, 0.1) is 19.6 Å². The maximum absolute atomic E-state index is 12.2. The van der Waals surface area contributed by atoms with Crippen molar-refractivity contribution in [3.05, 3.63) is 65.2 Å². The zero-order chi connectivity index (χ0) is 17.7. The summed E-state index contributed by atoms with van der Waals surface area (Å²) in [6.07, 6.45) is 0.369. The fraction of sp³-hybridized carbons (Fsp3) is 0.381. The Hall–Kier alpha value is -2.29. The molecule has 2 aromatic rings. The van der Waals surface area contributed by atoms with Gasteiger partial charge in [0, 0.05) is 0 Å². The van der Waals surface area contributed by atoms with Gasteiger partial charge in [-0.15, -0.1) is 0 Å². The van der Waals surface area contributed by atoms with Crippen molar-refractivity contribution in [1.82, 2.24) is 5.32 Å². The molecular weight excluding hydrogens is 298 g/mol. The molecule has 0 aliphatic rings. The van der Waals surface area contributed by atoms with Crippen molar-refractivity contribution in [3.63, 3.8) is 0 Å². The van der Waals surface area contributed by atoms with Gasteiger partial charge in [-0.2, -0.15) is 0 Å². The summed E-state index contributed by atoms with van der Waals surface area (Å²) in [6.45, 7) is 8.60. The third-order valence-electron chi connectivity index (χ3n) is 4.18. The molecule has 24 heavy (non-hydrogen) atoms. The molecule has 2 aromatic carbocycles. The predicted octanol–water partition coefficient (Wildman–Crippen LogP) is 4.41. The van der Waals surface area contributed by atoms with Crippen molar-refractivity contribution >= 4 is 5.91 Å². The Morgan fingerprint density at radius 2 is 1.62 bits per heavy atom. The minimum absolute atomic E-state index is 0.00948. The van der Waals surface area contributed by atoms with E-state index in [0.29, 0.717) is 6.42 Å². The first-order chi connectivity index (χ1) is 11.3. The van der Waals surface area contributed by atoms with Crippen LogP contribution < -0.4 is 10.1 Å². The van der Waals surface area contributed by atoms with Gasteiger partial charge >= 0.3 is 0 Å². The average Bonchev–Trinajstić information content (AvgIpc) is 2.54. The van der Waals surface area contributed by atoms with Crippen LogP contribution in [0.1, 0.15) is 50.4 Å². The van der Waals surface area contributed by atoms with Gasteiger partial charge in [-0.25, -0.2) is 0 Å². The highest BCUT2D eigenvalue weighted by molar-refractivity contribution is 5.79. The van der Waals surface area contributed by atoms with Crippen LogP contribution in [0.2, 0.25) is 0 Å². The number of hydrogen-bond donors (Lipinski definition) is 1. The molecule has 0 fully saturated rings. The molecule has 1 unspecified atom stereocenters. The van der Waals surface area contributed by atoms with Crippen LogP contribution >= 0.6 is 0 Å². The summed E-state index contributed by atoms with van der Waals surface area (Å²) in [5.41, 5.74) is 3.53. The number of ether oxygens (including phenoxy) is 1. The average molecular weight is 325 g/mol. The van der Waals surface area contributed by atoms with E-state index in [2.05, 4.69) is 50.4 Å². The SMILES string of the molecule is COc1ccc(CC(=O)NC(C)c2ccc(C(C)(C)C)cc2)cc1. The van der Waals surface area contributed by atoms with Crippen LogP contribution in [0, 0.1) is 0 Å². The smallest absolute Gasteiger partial charge is 0.224 e. The van der Waals surface area contributed by atoms with E-state index in [0.717, 1.165) is 16.9 Å². The Morgan fingerprint density at radius 1 is 1.04 bits per heavy atom. The molecule has 0 spiro atoms. The molecular formula is C21H27NO2. The zero-order valence-corrected chi connectivity index (χ0v) is 15.2. The number of carbonyl (C=O) groups is 1. The Balaban J connectivity index is 1.95. The second-order valence-corrected chi connectivity index (χ2v) is 7.19. The van der Waals surface area contributed by atoms with Crippen LogP contribution in [0.25, 0.3) is 0 Å². The topological polar surface area (TPSA) is 38.3 Å². The lowest BCUT2D eigenvalue weighted by Gasteiger charge is -2.20. The van der Waals surface area contributed by atoms with Crippen molar-refractivity contribution < 1.29 is 9.53 Å². The van der Waals surface area contributed by atoms with E-state index >= 15 is 0 Å². The van der Waals surface area contributed by atoms with Gasteiger partial charge in [0.1, 0.15) is 5.75 Å². The highest BCUT2D eigenvalue weighted by atomic mass is 16.5. The summed E-state index contributed by atoms with van der Waals surface area (Å²) >= 11 is 0. The molecule has 3 heteroatoms. The normalized spacial score (nSPS) is 12.5. The Morgan fingerprint density at radius 3 is 2.12 bits per heavy atom. The summed E-state index contributed by atoms with van der Waals surface area (Å²) in [6, 6.07) is 16.0. The highest BCUT2D eigenvalue weighted by Crippen LogP contribution is 2.24. The molecule has 0 radical (unpaired) electrons. The molecule has 0 saturated heterocycles. The standard InChI is InChI=1S/C21H27NO2/c1-15(17-8-10-18(11-9-17)21(2,3)4)22-20(23)14-16-6-12-19(24-5)13-7-16/h6-13,15H,14H2,1-5H3,(H,22,23). The van der Waals surface area contributed by atoms with Crippen LogP contribution in [-0.2, 0) is 16.6 Å². The van der Waals surface area contributed by atoms with Crippen LogP contribution in [0.4, 0.5) is 0 Å². The number of amides is 1. The van der Waals surface area contributed by atoms with Crippen molar-refractivity contribution in [2.75, 3.05) is 7.11 Å². The summed E-state index contributed by atoms with van der Waals surface area (Å²) in [4.78, 5) is 12.2. The minimum atomic E-state index is -0.00948. The molecule has 1 amide bonds. The predicted molar refractivity (Wildman–Crippen MR) is 98.4 cm³/mol. The van der Waals surface area contributed by atoms with Gasteiger partial charge in [0.25, 0.3) is 0 Å². The molecule has 0 saturated carbocycles. The number of methoxy groups -OCH3 is 1. The van der Waals surface area contributed by atoms with E-state index in [1.54, 1.807) is 7.11 Å². The second-order valence-electron chi connectivity index (χ2n) is 7.19. The number of rotatable bonds is 5. The van der Waals surface area contributed by atoms with Gasteiger partial charge < -0.3 is 10.1 Å². The third kappa shape index (κ3) is 4.85. The lowest BCUT2D eigenvalue weighted by molar-refractivity contribution is -0.121. The van der Waals surface area contributed by atoms with E-state index in [9.17, 15) is 4.79 Å². The van der Waals surface area contributed by atoms with Gasteiger partial charge in [0.15, 0.2) is 0 Å². The van der Waals surface area contributed by atoms with Crippen molar-refractivity contribution in [2.24, 2.45) is 0 Å². The summed E-state index contributed by atoms with van der Waals surface area (Å²) in [7, 11) is 1.63. The van der Waals surface area contributed by atoms with Gasteiger partial charge in [-0.3, -0.25) is 4.79 Å². The van der Waals surface area contributed by atoms with Gasteiger partial charge in [-0.05, 0) is 41.2 Å². The fourth-order valence-corrected chi connectivity index (χ4v) is 2.58. The first-order valence-corrected chi connectivity index (χ1v) is 8.32. The largest absolute Gasteiger partial charge is 0.497 e. The third-order valence-corrected chi connectivity index (χ3v) is 4.18. The van der Waals surface area contributed by atoms with Gasteiger partial charge in [-0.1, -0.05) is 57.2 Å². The number of benzene rings is 2. The zero-order valence-electron chi connectivity index (χ0n) is 15.2. The Bertz CT molecular complexity index is 666. The Labute approximate surface area is 145 Å². The lowest BCUT2D eigenvalue weighted by atomic mass is 9.86. The number of hydrogen-bond acceptors (Lipinski definition) is 2. The second kappa shape index (κ2) is 7.52. The minimum Gasteiger partial charge on any atom is -0.497 e. The first-order valence-electron chi connectivity index (χ1n) is 8.32. The molecule has 1 atom stereocenters. The number of nitrogens with one attached hydrogen (secondary N) is 1. The van der Waals surface area contributed by atoms with E-state index < -0.39 is 0 Å². The molecule has 0 aliphatic heterocycles. The molecule has 0 aliphatic carbocycles. The Kier molecular flexibility index (Phi) is 5.66. The molecule has 3 nitrogen and oxygen atoms in total. The van der Waals surface area contributed by atoms with Crippen LogP contribution in [0.5, 0.6) is 5.75 Å². The number of carbonyl (C=O) groups excluding carboxylic acids is 1. The van der Waals surface area contributed by atoms with E-state index in [1.165, 1.54) is 5.56 Å². The van der Waals surface area contributed by atoms with Crippen molar-refractivity contribution in [2.45, 2.75) is 45.6 Å². The van der Waals surface area contributed by atoms with E-state index in [4.69, 9.17) is 4.74 Å². The molecule has 1 N–H and O–H groups in total. The molecule has 128 valence electrons.